The first-order valence-corrected chi connectivity index (χ1v) is 18.9. The van der Waals surface area contributed by atoms with Crippen molar-refractivity contribution in [3.63, 3.8) is 0 Å². The van der Waals surface area contributed by atoms with Gasteiger partial charge in [-0.15, -0.1) is 22.7 Å². The smallest absolute Gasteiger partial charge is 0.407 e. The number of amides is 4. The van der Waals surface area contributed by atoms with Gasteiger partial charge in [-0.05, 0) is 69.0 Å². The average molecular weight is 720 g/mol. The molecule has 0 spiro atoms. The van der Waals surface area contributed by atoms with E-state index in [2.05, 4.69) is 25.9 Å². The molecule has 0 aliphatic rings. The number of benzene rings is 2. The summed E-state index contributed by atoms with van der Waals surface area (Å²) in [6.45, 7) is 3.05. The number of thiazole rings is 2. The van der Waals surface area contributed by atoms with Crippen LogP contribution in [0.2, 0.25) is 0 Å². The molecule has 0 saturated heterocycles. The molecule has 0 saturated carbocycles. The normalized spacial score (nSPS) is 12.8. The molecule has 0 aliphatic heterocycles. The van der Waals surface area contributed by atoms with Crippen molar-refractivity contribution >= 4 is 40.7 Å². The van der Waals surface area contributed by atoms with Crippen LogP contribution in [-0.4, -0.2) is 64.6 Å². The number of carbonyl (C=O) groups is 3. The third kappa shape index (κ3) is 13.5. The van der Waals surface area contributed by atoms with E-state index in [0.29, 0.717) is 51.6 Å². The van der Waals surface area contributed by atoms with Crippen LogP contribution in [0, 0.1) is 0 Å². The molecule has 11 nitrogen and oxygen atoms in total. The average Bonchev–Trinajstić information content (AvgIpc) is 3.82. The van der Waals surface area contributed by atoms with Crippen LogP contribution in [-0.2, 0) is 41.9 Å². The van der Waals surface area contributed by atoms with Crippen molar-refractivity contribution in [2.45, 2.75) is 89.6 Å². The van der Waals surface area contributed by atoms with Crippen molar-refractivity contribution in [2.75, 3.05) is 13.6 Å². The van der Waals surface area contributed by atoms with Crippen LogP contribution >= 0.6 is 22.7 Å². The van der Waals surface area contributed by atoms with E-state index >= 15 is 0 Å². The van der Waals surface area contributed by atoms with Crippen LogP contribution in [0.25, 0.3) is 0 Å². The molecule has 3 atom stereocenters. The highest BCUT2D eigenvalue weighted by Gasteiger charge is 2.26. The number of nitrogens with two attached hydrogens (primary N) is 1. The Morgan fingerprint density at radius 1 is 0.880 bits per heavy atom. The summed E-state index contributed by atoms with van der Waals surface area (Å²) in [4.78, 5) is 51.1. The van der Waals surface area contributed by atoms with Gasteiger partial charge in [0, 0.05) is 30.7 Å². The summed E-state index contributed by atoms with van der Waals surface area (Å²) in [6, 6.07) is 18.4. The van der Waals surface area contributed by atoms with E-state index in [0.717, 1.165) is 39.5 Å². The minimum Gasteiger partial charge on any atom is -0.444 e. The van der Waals surface area contributed by atoms with Crippen LogP contribution in [0.1, 0.15) is 65.7 Å². The largest absolute Gasteiger partial charge is 0.444 e. The lowest BCUT2D eigenvalue weighted by molar-refractivity contribution is -0.124. The number of alkyl carbamates (subject to hydrolysis) is 1. The first kappa shape index (κ1) is 38.5. The fourth-order valence-electron chi connectivity index (χ4n) is 5.53. The number of aromatic nitrogens is 2. The monoisotopic (exact) mass is 719 g/mol. The number of hydrogen-bond acceptors (Lipinski definition) is 9. The summed E-state index contributed by atoms with van der Waals surface area (Å²) in [5, 5.41) is 12.3. The zero-order chi connectivity index (χ0) is 35.6. The summed E-state index contributed by atoms with van der Waals surface area (Å²) in [7, 11) is 1.70. The summed E-state index contributed by atoms with van der Waals surface area (Å²) in [5.41, 5.74) is 10.4. The van der Waals surface area contributed by atoms with E-state index < -0.39 is 12.1 Å². The van der Waals surface area contributed by atoms with Gasteiger partial charge in [0.15, 0.2) is 0 Å². The fourth-order valence-corrected chi connectivity index (χ4v) is 6.77. The van der Waals surface area contributed by atoms with Crippen LogP contribution in [0.5, 0.6) is 0 Å². The van der Waals surface area contributed by atoms with Gasteiger partial charge < -0.3 is 31.3 Å². The molecule has 268 valence electrons. The van der Waals surface area contributed by atoms with E-state index in [9.17, 15) is 14.4 Å². The SMILES string of the molecule is CCc1nc(CN(C)C(=O)NC(CCCCN)C(=O)NC(CCC(Cc2ccccc2)NC(=O)OCc2cncs2)Cc2ccccc2)cs1. The predicted octanol–water partition coefficient (Wildman–Crippen LogP) is 5.85. The fraction of sp³-hybridized carbons (Fsp3) is 0.432. The van der Waals surface area contributed by atoms with E-state index in [1.54, 1.807) is 35.0 Å². The number of nitrogens with zero attached hydrogens (tertiary/aromatic N) is 3. The molecular formula is C37H49N7O4S2. The standard InChI is InChI=1S/C37H49N7O4S2/c1-3-34-40-31(25-49-34)23-44(2)36(46)43-33(16-10-11-19-38)35(45)41-29(20-27-12-6-4-7-13-27)17-18-30(21-28-14-8-5-9-15-28)42-37(47)48-24-32-22-39-26-50-32/h4-9,12-15,22,25-26,29-30,33H,3,10-11,16-21,23-24,38H2,1-2H3,(H,41,45)(H,42,47)(H,43,46). The second-order valence-electron chi connectivity index (χ2n) is 12.3. The van der Waals surface area contributed by atoms with Gasteiger partial charge in [0.05, 0.1) is 27.6 Å². The van der Waals surface area contributed by atoms with Crippen molar-refractivity contribution in [2.24, 2.45) is 5.73 Å². The van der Waals surface area contributed by atoms with Gasteiger partial charge in [-0.2, -0.15) is 0 Å². The molecule has 50 heavy (non-hydrogen) atoms. The summed E-state index contributed by atoms with van der Waals surface area (Å²) in [6.07, 6.45) is 6.28. The van der Waals surface area contributed by atoms with Crippen molar-refractivity contribution in [1.82, 2.24) is 30.8 Å². The van der Waals surface area contributed by atoms with Gasteiger partial charge in [-0.25, -0.2) is 14.6 Å². The molecule has 4 amide bonds. The Morgan fingerprint density at radius 2 is 1.54 bits per heavy atom. The number of nitrogens with one attached hydrogen (secondary N) is 3. The Balaban J connectivity index is 1.44. The van der Waals surface area contributed by atoms with Gasteiger partial charge >= 0.3 is 12.1 Å². The van der Waals surface area contributed by atoms with Crippen LogP contribution < -0.4 is 21.7 Å². The lowest BCUT2D eigenvalue weighted by Crippen LogP contribution is -2.52. The summed E-state index contributed by atoms with van der Waals surface area (Å²) in [5.74, 6) is -0.247. The Morgan fingerprint density at radius 3 is 2.12 bits per heavy atom. The molecule has 2 aromatic heterocycles. The molecule has 0 radical (unpaired) electrons. The number of ether oxygens (including phenoxy) is 1. The molecule has 3 unspecified atom stereocenters. The zero-order valence-electron chi connectivity index (χ0n) is 28.9. The highest BCUT2D eigenvalue weighted by Crippen LogP contribution is 2.16. The molecule has 2 aromatic carbocycles. The third-order valence-electron chi connectivity index (χ3n) is 8.22. The number of rotatable bonds is 20. The minimum absolute atomic E-state index is 0.150. The molecular weight excluding hydrogens is 671 g/mol. The second kappa shape index (κ2) is 21.0. The zero-order valence-corrected chi connectivity index (χ0v) is 30.5. The van der Waals surface area contributed by atoms with Crippen LogP contribution in [0.3, 0.4) is 0 Å². The highest BCUT2D eigenvalue weighted by molar-refractivity contribution is 7.09. The maximum absolute atomic E-state index is 13.9. The van der Waals surface area contributed by atoms with Gasteiger partial charge in [0.2, 0.25) is 5.91 Å². The van der Waals surface area contributed by atoms with E-state index in [4.69, 9.17) is 10.5 Å². The molecule has 0 fully saturated rings. The van der Waals surface area contributed by atoms with Crippen LogP contribution in [0.15, 0.2) is 77.8 Å². The Hall–Kier alpha value is -4.33. The number of hydrogen-bond donors (Lipinski definition) is 4. The lowest BCUT2D eigenvalue weighted by atomic mass is 9.95. The molecule has 0 aliphatic carbocycles. The van der Waals surface area contributed by atoms with Crippen molar-refractivity contribution in [3.05, 3.63) is 104 Å². The lowest BCUT2D eigenvalue weighted by Gasteiger charge is -2.27. The van der Waals surface area contributed by atoms with E-state index in [1.165, 1.54) is 11.3 Å². The molecule has 13 heteroatoms. The molecule has 4 rings (SSSR count). The predicted molar refractivity (Wildman–Crippen MR) is 199 cm³/mol. The Kier molecular flexibility index (Phi) is 16.2. The van der Waals surface area contributed by atoms with Gasteiger partial charge in [0.1, 0.15) is 12.6 Å². The summed E-state index contributed by atoms with van der Waals surface area (Å²) >= 11 is 3.01. The Labute approximate surface area is 303 Å². The van der Waals surface area contributed by atoms with Crippen LogP contribution in [0.4, 0.5) is 9.59 Å². The summed E-state index contributed by atoms with van der Waals surface area (Å²) < 4.78 is 5.49. The second-order valence-corrected chi connectivity index (χ2v) is 14.2. The minimum atomic E-state index is -0.739. The number of carbonyl (C=O) groups excluding carboxylic acids is 3. The van der Waals surface area contributed by atoms with Crippen molar-refractivity contribution in [1.29, 1.82) is 0 Å². The van der Waals surface area contributed by atoms with Crippen molar-refractivity contribution < 1.29 is 19.1 Å². The highest BCUT2D eigenvalue weighted by atomic mass is 32.1. The number of aryl methyl sites for hydroxylation is 1. The third-order valence-corrected chi connectivity index (χ3v) is 10.0. The quantitative estimate of drug-likeness (QED) is 0.0838. The topological polar surface area (TPSA) is 152 Å². The van der Waals surface area contributed by atoms with E-state index in [-0.39, 0.29) is 30.6 Å². The van der Waals surface area contributed by atoms with Gasteiger partial charge in [0.25, 0.3) is 0 Å². The number of urea groups is 1. The molecule has 5 N–H and O–H groups in total. The van der Waals surface area contributed by atoms with Gasteiger partial charge in [-0.3, -0.25) is 9.78 Å². The maximum atomic E-state index is 13.9. The number of unbranched alkanes of at least 4 members (excludes halogenated alkanes) is 1. The van der Waals surface area contributed by atoms with Gasteiger partial charge in [-0.1, -0.05) is 67.6 Å². The van der Waals surface area contributed by atoms with E-state index in [1.807, 2.05) is 73.0 Å². The molecule has 2 heterocycles. The molecule has 0 bridgehead atoms. The first-order valence-electron chi connectivity index (χ1n) is 17.2. The Bertz CT molecular complexity index is 1570. The first-order chi connectivity index (χ1) is 24.3. The van der Waals surface area contributed by atoms with Crippen molar-refractivity contribution in [3.8, 4) is 0 Å². The maximum Gasteiger partial charge on any atom is 0.407 e. The molecule has 4 aromatic rings.